The van der Waals surface area contributed by atoms with Crippen molar-refractivity contribution in [3.05, 3.63) is 46.5 Å². The van der Waals surface area contributed by atoms with Gasteiger partial charge in [-0.15, -0.1) is 23.1 Å². The normalized spacial score (nSPS) is 11.9. The number of hydrogen-bond donors (Lipinski definition) is 2. The Kier molecular flexibility index (Phi) is 6.71. The molecule has 2 aromatic heterocycles. The first-order valence-electron chi connectivity index (χ1n) is 9.02. The van der Waals surface area contributed by atoms with E-state index >= 15 is 0 Å². The third-order valence-corrected chi connectivity index (χ3v) is 6.11. The molecule has 0 radical (unpaired) electrons. The van der Waals surface area contributed by atoms with Crippen molar-refractivity contribution in [1.82, 2.24) is 10.1 Å². The van der Waals surface area contributed by atoms with Crippen LogP contribution in [-0.4, -0.2) is 33.0 Å². The van der Waals surface area contributed by atoms with Gasteiger partial charge in [-0.3, -0.25) is 9.59 Å². The van der Waals surface area contributed by atoms with Crippen LogP contribution in [-0.2, 0) is 9.59 Å². The van der Waals surface area contributed by atoms with E-state index in [1.54, 1.807) is 19.9 Å². The third-order valence-electron chi connectivity index (χ3n) is 4.08. The number of benzene rings is 1. The van der Waals surface area contributed by atoms with Gasteiger partial charge in [0.05, 0.1) is 16.7 Å². The molecular formula is C20H22N4O3S2. The van der Waals surface area contributed by atoms with Crippen LogP contribution in [0.5, 0.6) is 0 Å². The average molecular weight is 431 g/mol. The monoisotopic (exact) mass is 430 g/mol. The minimum atomic E-state index is -0.418. The maximum absolute atomic E-state index is 12.3. The Bertz CT molecular complexity index is 1010. The summed E-state index contributed by atoms with van der Waals surface area (Å²) in [5.41, 5.74) is 3.07. The number of thioether (sulfide) groups is 1. The molecule has 0 aliphatic heterocycles. The summed E-state index contributed by atoms with van der Waals surface area (Å²) in [6, 6.07) is 9.76. The van der Waals surface area contributed by atoms with Gasteiger partial charge in [-0.05, 0) is 27.7 Å². The molecule has 0 saturated heterocycles. The molecule has 3 aromatic rings. The zero-order valence-electron chi connectivity index (χ0n) is 16.6. The predicted molar refractivity (Wildman–Crippen MR) is 117 cm³/mol. The number of aryl methyl sites for hydroxylation is 3. The zero-order chi connectivity index (χ0) is 21.0. The van der Waals surface area contributed by atoms with Crippen LogP contribution in [0.4, 0.5) is 10.9 Å². The Morgan fingerprint density at radius 2 is 1.90 bits per heavy atom. The van der Waals surface area contributed by atoms with Crippen LogP contribution >= 0.6 is 23.1 Å². The first-order chi connectivity index (χ1) is 13.8. The van der Waals surface area contributed by atoms with E-state index < -0.39 is 5.25 Å². The van der Waals surface area contributed by atoms with Gasteiger partial charge >= 0.3 is 0 Å². The molecule has 9 heteroatoms. The van der Waals surface area contributed by atoms with Gasteiger partial charge < -0.3 is 15.2 Å². The number of hydrogen-bond acceptors (Lipinski definition) is 7. The molecule has 7 nitrogen and oxygen atoms in total. The van der Waals surface area contributed by atoms with Crippen molar-refractivity contribution in [3.8, 4) is 11.3 Å². The number of carbonyl (C=O) groups excluding carboxylic acids is 2. The van der Waals surface area contributed by atoms with Gasteiger partial charge in [0, 0.05) is 16.5 Å². The van der Waals surface area contributed by atoms with E-state index in [0.717, 1.165) is 16.1 Å². The second-order valence-electron chi connectivity index (χ2n) is 6.60. The molecule has 1 atom stereocenters. The summed E-state index contributed by atoms with van der Waals surface area (Å²) in [6.45, 7) is 7.50. The Morgan fingerprint density at radius 1 is 1.17 bits per heavy atom. The molecule has 152 valence electrons. The Morgan fingerprint density at radius 3 is 2.55 bits per heavy atom. The maximum atomic E-state index is 12.3. The third kappa shape index (κ3) is 5.68. The Labute approximate surface area is 177 Å². The highest BCUT2D eigenvalue weighted by molar-refractivity contribution is 8.01. The number of nitrogens with one attached hydrogen (secondary N) is 2. The molecule has 2 amide bonds. The summed E-state index contributed by atoms with van der Waals surface area (Å²) in [5, 5.41) is 9.35. The van der Waals surface area contributed by atoms with E-state index in [2.05, 4.69) is 20.8 Å². The van der Waals surface area contributed by atoms with Crippen LogP contribution in [0, 0.1) is 20.8 Å². The van der Waals surface area contributed by atoms with E-state index in [1.165, 1.54) is 28.7 Å². The van der Waals surface area contributed by atoms with Crippen LogP contribution < -0.4 is 10.6 Å². The second kappa shape index (κ2) is 9.23. The molecule has 2 heterocycles. The van der Waals surface area contributed by atoms with E-state index in [4.69, 9.17) is 4.52 Å². The highest BCUT2D eigenvalue weighted by Gasteiger charge is 2.18. The molecule has 0 aliphatic carbocycles. The summed E-state index contributed by atoms with van der Waals surface area (Å²) in [4.78, 5) is 30.0. The van der Waals surface area contributed by atoms with Crippen molar-refractivity contribution >= 4 is 45.9 Å². The summed E-state index contributed by atoms with van der Waals surface area (Å²) >= 11 is 2.68. The molecule has 1 unspecified atom stereocenters. The molecule has 3 rings (SSSR count). The number of amides is 2. The Hall–Kier alpha value is -2.65. The highest BCUT2D eigenvalue weighted by Crippen LogP contribution is 2.30. The quantitative estimate of drug-likeness (QED) is 0.576. The minimum Gasteiger partial charge on any atom is -0.360 e. The minimum absolute atomic E-state index is 0.144. The molecule has 2 N–H and O–H groups in total. The van der Waals surface area contributed by atoms with E-state index in [9.17, 15) is 9.59 Å². The summed E-state index contributed by atoms with van der Waals surface area (Å²) in [7, 11) is 0. The second-order valence-corrected chi connectivity index (χ2v) is 9.14. The van der Waals surface area contributed by atoms with Crippen molar-refractivity contribution in [2.45, 2.75) is 32.9 Å². The number of rotatable bonds is 7. The van der Waals surface area contributed by atoms with Gasteiger partial charge in [-0.1, -0.05) is 35.0 Å². The van der Waals surface area contributed by atoms with Crippen LogP contribution in [0.15, 0.2) is 34.9 Å². The van der Waals surface area contributed by atoms with Crippen molar-refractivity contribution < 1.29 is 14.1 Å². The first kappa shape index (κ1) is 21.1. The number of aromatic nitrogens is 2. The van der Waals surface area contributed by atoms with Gasteiger partial charge in [0.1, 0.15) is 5.76 Å². The first-order valence-corrected chi connectivity index (χ1v) is 10.9. The predicted octanol–water partition coefficient (Wildman–Crippen LogP) is 4.42. The molecular weight excluding hydrogens is 408 g/mol. The molecule has 0 bridgehead atoms. The van der Waals surface area contributed by atoms with Crippen LogP contribution in [0.2, 0.25) is 0 Å². The van der Waals surface area contributed by atoms with E-state index in [0.29, 0.717) is 16.7 Å². The number of thiazole rings is 1. The fourth-order valence-corrected chi connectivity index (χ4v) is 4.05. The summed E-state index contributed by atoms with van der Waals surface area (Å²) in [6.07, 6.45) is 0. The lowest BCUT2D eigenvalue weighted by Crippen LogP contribution is -2.25. The highest BCUT2D eigenvalue weighted by atomic mass is 32.2. The van der Waals surface area contributed by atoms with Gasteiger partial charge in [-0.25, -0.2) is 4.98 Å². The van der Waals surface area contributed by atoms with Gasteiger partial charge in [0.15, 0.2) is 10.9 Å². The molecule has 0 spiro atoms. The van der Waals surface area contributed by atoms with Crippen molar-refractivity contribution in [2.75, 3.05) is 16.4 Å². The fraction of sp³-hybridized carbons (Fsp3) is 0.300. The van der Waals surface area contributed by atoms with Gasteiger partial charge in [-0.2, -0.15) is 0 Å². The SMILES string of the molecule is Cc1ccc(-c2nc(NC(=O)CSC(C)C(=O)Nc3cc(C)on3)sc2C)cc1. The standard InChI is InChI=1S/C20H22N4O3S2/c1-11-5-7-15(8-6-11)18-13(3)29-20(23-18)22-17(25)10-28-14(4)19(26)21-16-9-12(2)27-24-16/h5-9,14H,10H2,1-4H3,(H,21,24,26)(H,22,23,25). The van der Waals surface area contributed by atoms with Gasteiger partial charge in [0.25, 0.3) is 0 Å². The lowest BCUT2D eigenvalue weighted by Gasteiger charge is -2.09. The molecule has 0 aliphatic rings. The zero-order valence-corrected chi connectivity index (χ0v) is 18.2. The summed E-state index contributed by atoms with van der Waals surface area (Å²) in [5.74, 6) is 0.694. The Balaban J connectivity index is 1.52. The number of carbonyl (C=O) groups is 2. The lowest BCUT2D eigenvalue weighted by atomic mass is 10.1. The smallest absolute Gasteiger partial charge is 0.238 e. The number of nitrogens with zero attached hydrogens (tertiary/aromatic N) is 2. The number of anilines is 2. The lowest BCUT2D eigenvalue weighted by molar-refractivity contribution is -0.115. The molecule has 0 saturated carbocycles. The van der Waals surface area contributed by atoms with Gasteiger partial charge in [0.2, 0.25) is 11.8 Å². The van der Waals surface area contributed by atoms with Crippen molar-refractivity contribution in [1.29, 1.82) is 0 Å². The van der Waals surface area contributed by atoms with Crippen molar-refractivity contribution in [2.24, 2.45) is 0 Å². The van der Waals surface area contributed by atoms with Crippen LogP contribution in [0.1, 0.15) is 23.1 Å². The van der Waals surface area contributed by atoms with Crippen LogP contribution in [0.3, 0.4) is 0 Å². The largest absolute Gasteiger partial charge is 0.360 e. The van der Waals surface area contributed by atoms with Crippen LogP contribution in [0.25, 0.3) is 11.3 Å². The van der Waals surface area contributed by atoms with Crippen molar-refractivity contribution in [3.63, 3.8) is 0 Å². The molecule has 29 heavy (non-hydrogen) atoms. The topological polar surface area (TPSA) is 97.1 Å². The molecule has 1 aromatic carbocycles. The summed E-state index contributed by atoms with van der Waals surface area (Å²) < 4.78 is 4.92. The van der Waals surface area contributed by atoms with E-state index in [1.807, 2.05) is 38.1 Å². The molecule has 0 fully saturated rings. The van der Waals surface area contributed by atoms with E-state index in [-0.39, 0.29) is 17.6 Å². The maximum Gasteiger partial charge on any atom is 0.238 e. The fourth-order valence-electron chi connectivity index (χ4n) is 2.51. The average Bonchev–Trinajstić information content (AvgIpc) is 3.25.